The number of rotatable bonds is 3. The van der Waals surface area contributed by atoms with Gasteiger partial charge >= 0.3 is 5.97 Å². The molecule has 0 spiro atoms. The SMILES string of the molecule is CN[C@@H](C(=O)OC)C(C)C. The Labute approximate surface area is 61.8 Å². The molecule has 0 fully saturated rings. The molecule has 3 heteroatoms. The van der Waals surface area contributed by atoms with Crippen molar-refractivity contribution in [2.24, 2.45) is 5.92 Å². The number of hydrogen-bond donors (Lipinski definition) is 1. The zero-order chi connectivity index (χ0) is 8.15. The van der Waals surface area contributed by atoms with Gasteiger partial charge in [0.25, 0.3) is 0 Å². The lowest BCUT2D eigenvalue weighted by Gasteiger charge is -2.16. The van der Waals surface area contributed by atoms with Crippen molar-refractivity contribution in [3.63, 3.8) is 0 Å². The van der Waals surface area contributed by atoms with E-state index in [9.17, 15) is 4.79 Å². The fraction of sp³-hybridized carbons (Fsp3) is 0.857. The first-order valence-corrected chi connectivity index (χ1v) is 3.38. The van der Waals surface area contributed by atoms with Crippen molar-refractivity contribution >= 4 is 5.97 Å². The summed E-state index contributed by atoms with van der Waals surface area (Å²) < 4.78 is 4.56. The fourth-order valence-corrected chi connectivity index (χ4v) is 0.850. The van der Waals surface area contributed by atoms with E-state index in [1.165, 1.54) is 7.11 Å². The predicted octanol–water partition coefficient (Wildman–Crippen LogP) is 0.403. The minimum Gasteiger partial charge on any atom is -0.468 e. The summed E-state index contributed by atoms with van der Waals surface area (Å²) in [5, 5.41) is 2.88. The monoisotopic (exact) mass is 145 g/mol. The third kappa shape index (κ3) is 2.35. The molecule has 0 aromatic rings. The molecule has 0 aromatic heterocycles. The van der Waals surface area contributed by atoms with Gasteiger partial charge in [-0.05, 0) is 13.0 Å². The van der Waals surface area contributed by atoms with E-state index in [1.807, 2.05) is 13.8 Å². The van der Waals surface area contributed by atoms with E-state index in [0.717, 1.165) is 0 Å². The molecule has 60 valence electrons. The molecule has 0 rings (SSSR count). The minimum atomic E-state index is -0.197. The molecule has 0 aliphatic carbocycles. The van der Waals surface area contributed by atoms with E-state index >= 15 is 0 Å². The summed E-state index contributed by atoms with van der Waals surface area (Å²) in [5.41, 5.74) is 0. The van der Waals surface area contributed by atoms with E-state index in [1.54, 1.807) is 7.05 Å². The smallest absolute Gasteiger partial charge is 0.323 e. The molecule has 0 radical (unpaired) electrons. The number of likely N-dealkylation sites (N-methyl/N-ethyl adjacent to an activating group) is 1. The zero-order valence-corrected chi connectivity index (χ0v) is 6.97. The van der Waals surface area contributed by atoms with Crippen LogP contribution in [0.1, 0.15) is 13.8 Å². The largest absolute Gasteiger partial charge is 0.468 e. The number of carbonyl (C=O) groups excluding carboxylic acids is 1. The summed E-state index contributed by atoms with van der Waals surface area (Å²) in [5.74, 6) is 0.0787. The zero-order valence-electron chi connectivity index (χ0n) is 6.97. The average Bonchev–Trinajstić information content (AvgIpc) is 1.88. The summed E-state index contributed by atoms with van der Waals surface area (Å²) in [4.78, 5) is 10.9. The van der Waals surface area contributed by atoms with Crippen LogP contribution in [0.2, 0.25) is 0 Å². The number of nitrogens with one attached hydrogen (secondary N) is 1. The van der Waals surface area contributed by atoms with Crippen molar-refractivity contribution < 1.29 is 9.53 Å². The molecule has 0 amide bonds. The maximum Gasteiger partial charge on any atom is 0.323 e. The third-order valence-corrected chi connectivity index (χ3v) is 1.43. The van der Waals surface area contributed by atoms with Gasteiger partial charge in [0.2, 0.25) is 0 Å². The second-order valence-corrected chi connectivity index (χ2v) is 2.53. The summed E-state index contributed by atoms with van der Waals surface area (Å²) in [6, 6.07) is -0.176. The first-order valence-electron chi connectivity index (χ1n) is 3.38. The molecular formula is C7H15NO2. The number of methoxy groups -OCH3 is 1. The van der Waals surface area contributed by atoms with Gasteiger partial charge in [0, 0.05) is 0 Å². The minimum absolute atomic E-state index is 0.176. The van der Waals surface area contributed by atoms with Gasteiger partial charge in [-0.1, -0.05) is 13.8 Å². The molecule has 1 atom stereocenters. The van der Waals surface area contributed by atoms with Crippen LogP contribution in [0.3, 0.4) is 0 Å². The standard InChI is InChI=1S/C7H15NO2/c1-5(2)6(8-3)7(9)10-4/h5-6,8H,1-4H3/t6-/m1/s1. The quantitative estimate of drug-likeness (QED) is 0.584. The highest BCUT2D eigenvalue weighted by Crippen LogP contribution is 2.01. The van der Waals surface area contributed by atoms with Crippen molar-refractivity contribution in [1.29, 1.82) is 0 Å². The average molecular weight is 145 g/mol. The maximum atomic E-state index is 10.9. The van der Waals surface area contributed by atoms with Gasteiger partial charge in [-0.2, -0.15) is 0 Å². The molecule has 0 saturated heterocycles. The normalized spacial score (nSPS) is 13.3. The second-order valence-electron chi connectivity index (χ2n) is 2.53. The van der Waals surface area contributed by atoms with Crippen LogP contribution in [0.5, 0.6) is 0 Å². The second kappa shape index (κ2) is 4.28. The first-order chi connectivity index (χ1) is 4.63. The highest BCUT2D eigenvalue weighted by Gasteiger charge is 2.19. The van der Waals surface area contributed by atoms with Crippen molar-refractivity contribution in [2.75, 3.05) is 14.2 Å². The first kappa shape index (κ1) is 9.43. The van der Waals surface area contributed by atoms with Gasteiger partial charge in [0.1, 0.15) is 6.04 Å². The van der Waals surface area contributed by atoms with Crippen molar-refractivity contribution in [3.8, 4) is 0 Å². The molecule has 0 aliphatic heterocycles. The summed E-state index contributed by atoms with van der Waals surface area (Å²) in [7, 11) is 3.15. The Kier molecular flexibility index (Phi) is 4.03. The van der Waals surface area contributed by atoms with Crippen LogP contribution >= 0.6 is 0 Å². The lowest BCUT2D eigenvalue weighted by molar-refractivity contribution is -0.144. The van der Waals surface area contributed by atoms with Crippen LogP contribution in [0.25, 0.3) is 0 Å². The molecule has 10 heavy (non-hydrogen) atoms. The summed E-state index contributed by atoms with van der Waals surface area (Å²) >= 11 is 0. The Morgan fingerprint density at radius 3 is 2.10 bits per heavy atom. The van der Waals surface area contributed by atoms with Gasteiger partial charge in [0.15, 0.2) is 0 Å². The van der Waals surface area contributed by atoms with Gasteiger partial charge < -0.3 is 10.1 Å². The van der Waals surface area contributed by atoms with E-state index in [4.69, 9.17) is 0 Å². The summed E-state index contributed by atoms with van der Waals surface area (Å²) in [6.07, 6.45) is 0. The Bertz CT molecular complexity index is 112. The molecule has 0 aliphatic rings. The highest BCUT2D eigenvalue weighted by molar-refractivity contribution is 5.75. The van der Waals surface area contributed by atoms with Crippen LogP contribution in [-0.4, -0.2) is 26.2 Å². The van der Waals surface area contributed by atoms with Crippen molar-refractivity contribution in [2.45, 2.75) is 19.9 Å². The van der Waals surface area contributed by atoms with Crippen LogP contribution < -0.4 is 5.32 Å². The van der Waals surface area contributed by atoms with E-state index < -0.39 is 0 Å². The molecule has 0 unspecified atom stereocenters. The number of ether oxygens (including phenoxy) is 1. The Morgan fingerprint density at radius 2 is 2.00 bits per heavy atom. The van der Waals surface area contributed by atoms with Crippen molar-refractivity contribution in [3.05, 3.63) is 0 Å². The van der Waals surface area contributed by atoms with Crippen LogP contribution in [0.15, 0.2) is 0 Å². The lowest BCUT2D eigenvalue weighted by Crippen LogP contribution is -2.39. The van der Waals surface area contributed by atoms with Gasteiger partial charge in [0.05, 0.1) is 7.11 Å². The van der Waals surface area contributed by atoms with Crippen LogP contribution in [0, 0.1) is 5.92 Å². The number of esters is 1. The molecule has 0 saturated carbocycles. The van der Waals surface area contributed by atoms with E-state index in [2.05, 4.69) is 10.1 Å². The Balaban J connectivity index is 3.93. The highest BCUT2D eigenvalue weighted by atomic mass is 16.5. The molecule has 0 heterocycles. The van der Waals surface area contributed by atoms with E-state index in [-0.39, 0.29) is 17.9 Å². The van der Waals surface area contributed by atoms with E-state index in [0.29, 0.717) is 0 Å². The Morgan fingerprint density at radius 1 is 1.50 bits per heavy atom. The van der Waals surface area contributed by atoms with Crippen LogP contribution in [0.4, 0.5) is 0 Å². The number of carbonyl (C=O) groups is 1. The summed E-state index contributed by atoms with van der Waals surface area (Å²) in [6.45, 7) is 3.94. The van der Waals surface area contributed by atoms with Crippen molar-refractivity contribution in [1.82, 2.24) is 5.32 Å². The Hall–Kier alpha value is -0.570. The predicted molar refractivity (Wildman–Crippen MR) is 39.7 cm³/mol. The molecule has 0 aromatic carbocycles. The molecule has 3 nitrogen and oxygen atoms in total. The van der Waals surface area contributed by atoms with Gasteiger partial charge in [-0.25, -0.2) is 0 Å². The lowest BCUT2D eigenvalue weighted by atomic mass is 10.1. The fourth-order valence-electron chi connectivity index (χ4n) is 0.850. The van der Waals surface area contributed by atoms with Gasteiger partial charge in [-0.15, -0.1) is 0 Å². The molecule has 1 N–H and O–H groups in total. The molecular weight excluding hydrogens is 130 g/mol. The maximum absolute atomic E-state index is 10.9. The van der Waals surface area contributed by atoms with Gasteiger partial charge in [-0.3, -0.25) is 4.79 Å². The topological polar surface area (TPSA) is 38.3 Å². The third-order valence-electron chi connectivity index (χ3n) is 1.43. The molecule has 0 bridgehead atoms. The number of hydrogen-bond acceptors (Lipinski definition) is 3. The van der Waals surface area contributed by atoms with Crippen LogP contribution in [-0.2, 0) is 9.53 Å².